The summed E-state index contributed by atoms with van der Waals surface area (Å²) in [5, 5.41) is 5.81. The molecule has 0 spiro atoms. The molecule has 0 aromatic heterocycles. The molecular formula is C26H25NO2. The van der Waals surface area contributed by atoms with Crippen molar-refractivity contribution < 1.29 is 9.47 Å². The van der Waals surface area contributed by atoms with Crippen molar-refractivity contribution in [1.82, 2.24) is 0 Å². The van der Waals surface area contributed by atoms with Crippen LogP contribution in [-0.2, 0) is 0 Å². The molecule has 0 amide bonds. The normalized spacial score (nSPS) is 11.8. The van der Waals surface area contributed by atoms with E-state index >= 15 is 0 Å². The molecular weight excluding hydrogens is 358 g/mol. The highest BCUT2D eigenvalue weighted by Crippen LogP contribution is 2.41. The van der Waals surface area contributed by atoms with Crippen molar-refractivity contribution in [3.63, 3.8) is 0 Å². The van der Waals surface area contributed by atoms with E-state index in [-0.39, 0.29) is 6.04 Å². The van der Waals surface area contributed by atoms with Crippen molar-refractivity contribution in [2.45, 2.75) is 19.9 Å². The second-order valence-corrected chi connectivity index (χ2v) is 7.20. The highest BCUT2D eigenvalue weighted by atomic mass is 16.5. The monoisotopic (exact) mass is 383 g/mol. The van der Waals surface area contributed by atoms with Crippen LogP contribution in [0.25, 0.3) is 10.8 Å². The van der Waals surface area contributed by atoms with Gasteiger partial charge in [0.15, 0.2) is 17.2 Å². The summed E-state index contributed by atoms with van der Waals surface area (Å²) < 4.78 is 12.0. The van der Waals surface area contributed by atoms with Gasteiger partial charge in [-0.05, 0) is 48.6 Å². The van der Waals surface area contributed by atoms with E-state index in [0.717, 1.165) is 33.5 Å². The van der Waals surface area contributed by atoms with Crippen LogP contribution in [0.3, 0.4) is 0 Å². The van der Waals surface area contributed by atoms with Gasteiger partial charge in [0.2, 0.25) is 0 Å². The van der Waals surface area contributed by atoms with E-state index in [9.17, 15) is 0 Å². The number of anilines is 1. The summed E-state index contributed by atoms with van der Waals surface area (Å²) in [6.45, 7) is 4.19. The van der Waals surface area contributed by atoms with Crippen LogP contribution in [0.4, 0.5) is 5.69 Å². The van der Waals surface area contributed by atoms with Crippen LogP contribution in [0.1, 0.15) is 24.1 Å². The lowest BCUT2D eigenvalue weighted by molar-refractivity contribution is 0.380. The Morgan fingerprint density at radius 1 is 0.793 bits per heavy atom. The molecule has 1 N–H and O–H groups in total. The van der Waals surface area contributed by atoms with Gasteiger partial charge in [-0.2, -0.15) is 0 Å². The largest absolute Gasteiger partial charge is 0.493 e. The van der Waals surface area contributed by atoms with Crippen molar-refractivity contribution in [2.24, 2.45) is 0 Å². The second-order valence-electron chi connectivity index (χ2n) is 7.20. The maximum atomic E-state index is 6.45. The molecule has 0 aliphatic carbocycles. The van der Waals surface area contributed by atoms with Crippen LogP contribution < -0.4 is 14.8 Å². The predicted octanol–water partition coefficient (Wildman–Crippen LogP) is 7.12. The molecule has 0 heterocycles. The van der Waals surface area contributed by atoms with E-state index in [1.165, 1.54) is 5.56 Å². The first kappa shape index (κ1) is 18.9. The Labute approximate surface area is 171 Å². The minimum atomic E-state index is 0.139. The summed E-state index contributed by atoms with van der Waals surface area (Å²) in [6.07, 6.45) is 0. The molecule has 0 radical (unpaired) electrons. The topological polar surface area (TPSA) is 30.5 Å². The van der Waals surface area contributed by atoms with Gasteiger partial charge in [-0.15, -0.1) is 0 Å². The van der Waals surface area contributed by atoms with Gasteiger partial charge in [0.05, 0.1) is 12.8 Å². The molecule has 29 heavy (non-hydrogen) atoms. The van der Waals surface area contributed by atoms with Crippen molar-refractivity contribution >= 4 is 16.5 Å². The number of nitrogens with one attached hydrogen (secondary N) is 1. The Kier molecular flexibility index (Phi) is 5.39. The molecule has 0 aliphatic heterocycles. The zero-order chi connectivity index (χ0) is 20.2. The van der Waals surface area contributed by atoms with Crippen molar-refractivity contribution in [3.05, 3.63) is 96.1 Å². The van der Waals surface area contributed by atoms with Crippen LogP contribution in [0, 0.1) is 6.92 Å². The minimum absolute atomic E-state index is 0.139. The molecule has 0 saturated carbocycles. The van der Waals surface area contributed by atoms with E-state index in [0.29, 0.717) is 5.75 Å². The molecule has 0 unspecified atom stereocenters. The van der Waals surface area contributed by atoms with Gasteiger partial charge in [0.25, 0.3) is 0 Å². The number of hydrogen-bond donors (Lipinski definition) is 1. The van der Waals surface area contributed by atoms with E-state index in [1.807, 2.05) is 43.3 Å². The van der Waals surface area contributed by atoms with Crippen LogP contribution >= 0.6 is 0 Å². The molecule has 4 aromatic rings. The average Bonchev–Trinajstić information content (AvgIpc) is 2.76. The van der Waals surface area contributed by atoms with Gasteiger partial charge in [-0.3, -0.25) is 0 Å². The Hall–Kier alpha value is -3.46. The van der Waals surface area contributed by atoms with E-state index in [1.54, 1.807) is 7.11 Å². The quantitative estimate of drug-likeness (QED) is 0.384. The molecule has 1 atom stereocenters. The van der Waals surface area contributed by atoms with Gasteiger partial charge in [-0.25, -0.2) is 0 Å². The third-order valence-corrected chi connectivity index (χ3v) is 5.08. The maximum absolute atomic E-state index is 6.45. The molecule has 0 fully saturated rings. The van der Waals surface area contributed by atoms with Gasteiger partial charge >= 0.3 is 0 Å². The second kappa shape index (κ2) is 8.27. The van der Waals surface area contributed by atoms with Crippen molar-refractivity contribution in [1.29, 1.82) is 0 Å². The Morgan fingerprint density at radius 3 is 2.34 bits per heavy atom. The number of fused-ring (bicyclic) bond motifs is 1. The van der Waals surface area contributed by atoms with Crippen LogP contribution in [0.5, 0.6) is 17.2 Å². The fourth-order valence-corrected chi connectivity index (χ4v) is 3.49. The van der Waals surface area contributed by atoms with Gasteiger partial charge in [0, 0.05) is 11.4 Å². The number of aryl methyl sites for hydroxylation is 1. The van der Waals surface area contributed by atoms with E-state index < -0.39 is 0 Å². The summed E-state index contributed by atoms with van der Waals surface area (Å²) in [7, 11) is 1.67. The van der Waals surface area contributed by atoms with Crippen LogP contribution in [0.2, 0.25) is 0 Å². The number of hydrogen-bond acceptors (Lipinski definition) is 3. The molecule has 146 valence electrons. The minimum Gasteiger partial charge on any atom is -0.493 e. The summed E-state index contributed by atoms with van der Waals surface area (Å²) in [5.74, 6) is 2.22. The third-order valence-electron chi connectivity index (χ3n) is 5.08. The zero-order valence-electron chi connectivity index (χ0n) is 17.0. The highest BCUT2D eigenvalue weighted by Gasteiger charge is 2.15. The fourth-order valence-electron chi connectivity index (χ4n) is 3.49. The first-order valence-electron chi connectivity index (χ1n) is 9.81. The molecule has 0 bridgehead atoms. The SMILES string of the molecule is COc1cc(C)ccc1Oc1c(N[C@@H](C)c2ccccc2)ccc2ccccc12. The predicted molar refractivity (Wildman–Crippen MR) is 120 cm³/mol. The fraction of sp³-hybridized carbons (Fsp3) is 0.154. The molecule has 0 aliphatic rings. The first-order chi connectivity index (χ1) is 14.2. The number of benzene rings is 4. The summed E-state index contributed by atoms with van der Waals surface area (Å²) >= 11 is 0. The van der Waals surface area contributed by atoms with Gasteiger partial charge in [0.1, 0.15) is 0 Å². The zero-order valence-corrected chi connectivity index (χ0v) is 17.0. The molecule has 4 rings (SSSR count). The van der Waals surface area contributed by atoms with Crippen molar-refractivity contribution in [3.8, 4) is 17.2 Å². The van der Waals surface area contributed by atoms with Crippen molar-refractivity contribution in [2.75, 3.05) is 12.4 Å². The summed E-state index contributed by atoms with van der Waals surface area (Å²) in [6, 6.07) is 29.0. The Bertz CT molecular complexity index is 1120. The number of methoxy groups -OCH3 is 1. The lowest BCUT2D eigenvalue weighted by Gasteiger charge is -2.21. The molecule has 3 heteroatoms. The first-order valence-corrected chi connectivity index (χ1v) is 9.81. The van der Waals surface area contributed by atoms with E-state index in [2.05, 4.69) is 60.8 Å². The molecule has 3 nitrogen and oxygen atoms in total. The highest BCUT2D eigenvalue weighted by molar-refractivity contribution is 5.94. The maximum Gasteiger partial charge on any atom is 0.169 e. The summed E-state index contributed by atoms with van der Waals surface area (Å²) in [5.41, 5.74) is 3.30. The molecule has 0 saturated heterocycles. The average molecular weight is 383 g/mol. The lowest BCUT2D eigenvalue weighted by Crippen LogP contribution is -2.07. The Balaban J connectivity index is 1.77. The van der Waals surface area contributed by atoms with Gasteiger partial charge in [-0.1, -0.05) is 66.7 Å². The molecule has 4 aromatic carbocycles. The smallest absolute Gasteiger partial charge is 0.169 e. The van der Waals surface area contributed by atoms with Gasteiger partial charge < -0.3 is 14.8 Å². The number of ether oxygens (including phenoxy) is 2. The number of rotatable bonds is 6. The van der Waals surface area contributed by atoms with Crippen LogP contribution in [-0.4, -0.2) is 7.11 Å². The standard InChI is InChI=1S/C26H25NO2/c1-18-13-16-24(25(17-18)28-3)29-26-22-12-8-7-11-21(22)14-15-23(26)27-19(2)20-9-5-4-6-10-20/h4-17,19,27H,1-3H3/t19-/m0/s1. The Morgan fingerprint density at radius 2 is 1.55 bits per heavy atom. The van der Waals surface area contributed by atoms with Crippen LogP contribution in [0.15, 0.2) is 84.9 Å². The van der Waals surface area contributed by atoms with E-state index in [4.69, 9.17) is 9.47 Å². The third kappa shape index (κ3) is 4.04. The summed E-state index contributed by atoms with van der Waals surface area (Å²) in [4.78, 5) is 0. The lowest BCUT2D eigenvalue weighted by atomic mass is 10.1.